The largest absolute Gasteiger partial charge is 0.420 e. The van der Waals surface area contributed by atoms with Crippen molar-refractivity contribution in [3.8, 4) is 0 Å². The molecule has 0 aliphatic carbocycles. The van der Waals surface area contributed by atoms with Crippen LogP contribution >= 0.6 is 0 Å². The van der Waals surface area contributed by atoms with Crippen molar-refractivity contribution in [1.29, 1.82) is 0 Å². The van der Waals surface area contributed by atoms with Gasteiger partial charge in [-0.1, -0.05) is 33.9 Å². The standard InChI is InChI=1S/C14H13N3O10/c1-5-9(18)24-8(4)25-15-12(21)16(26-10(19)6-2)14(23)17(13(15)22)27-11(20)7-3/h5-8H,1-3H2,4H3. The minimum atomic E-state index is -1.65. The molecule has 1 aromatic heterocycles. The zero-order valence-electron chi connectivity index (χ0n) is 13.9. The summed E-state index contributed by atoms with van der Waals surface area (Å²) in [6.45, 7) is 10.4. The normalized spacial score (nSPS) is 10.9. The molecule has 144 valence electrons. The van der Waals surface area contributed by atoms with Gasteiger partial charge in [-0.15, -0.1) is 0 Å². The maximum atomic E-state index is 12.2. The molecule has 0 radical (unpaired) electrons. The van der Waals surface area contributed by atoms with E-state index < -0.39 is 41.3 Å². The van der Waals surface area contributed by atoms with Gasteiger partial charge in [-0.2, -0.15) is 0 Å². The smallest absolute Gasteiger partial charge is 0.405 e. The number of esters is 1. The first kappa shape index (κ1) is 20.9. The molecule has 0 aliphatic heterocycles. The van der Waals surface area contributed by atoms with Gasteiger partial charge in [-0.3, -0.25) is 0 Å². The molecule has 0 fully saturated rings. The van der Waals surface area contributed by atoms with E-state index in [1.54, 1.807) is 0 Å². The maximum Gasteiger partial charge on any atom is 0.405 e. The Kier molecular flexibility index (Phi) is 6.80. The van der Waals surface area contributed by atoms with E-state index in [0.717, 1.165) is 13.0 Å². The first-order valence-corrected chi connectivity index (χ1v) is 6.87. The van der Waals surface area contributed by atoms with Crippen molar-refractivity contribution in [3.05, 3.63) is 69.4 Å². The van der Waals surface area contributed by atoms with Crippen molar-refractivity contribution in [2.75, 3.05) is 0 Å². The first-order valence-electron chi connectivity index (χ1n) is 6.87. The quantitative estimate of drug-likeness (QED) is 0.257. The fourth-order valence-corrected chi connectivity index (χ4v) is 1.38. The third kappa shape index (κ3) is 4.91. The summed E-state index contributed by atoms with van der Waals surface area (Å²) in [5, 5.41) is 0. The molecule has 1 unspecified atom stereocenters. The summed E-state index contributed by atoms with van der Waals surface area (Å²) in [4.78, 5) is 83.9. The van der Waals surface area contributed by atoms with Gasteiger partial charge in [-0.05, 0) is 0 Å². The monoisotopic (exact) mass is 383 g/mol. The molecule has 1 rings (SSSR count). The van der Waals surface area contributed by atoms with Crippen LogP contribution in [0.15, 0.2) is 52.3 Å². The van der Waals surface area contributed by atoms with E-state index in [0.29, 0.717) is 12.2 Å². The predicted molar refractivity (Wildman–Crippen MR) is 85.1 cm³/mol. The number of carbonyl (C=O) groups is 3. The van der Waals surface area contributed by atoms with E-state index in [-0.39, 0.29) is 14.2 Å². The lowest BCUT2D eigenvalue weighted by Gasteiger charge is -2.16. The Labute approximate surface area is 149 Å². The van der Waals surface area contributed by atoms with E-state index in [1.165, 1.54) is 0 Å². The summed E-state index contributed by atoms with van der Waals surface area (Å²) in [6, 6.07) is 0. The molecule has 0 N–H and O–H groups in total. The van der Waals surface area contributed by atoms with Crippen LogP contribution < -0.4 is 31.6 Å². The number of rotatable bonds is 8. The van der Waals surface area contributed by atoms with Crippen molar-refractivity contribution in [2.24, 2.45) is 0 Å². The van der Waals surface area contributed by atoms with Crippen molar-refractivity contribution in [2.45, 2.75) is 13.2 Å². The van der Waals surface area contributed by atoms with Gasteiger partial charge in [0.05, 0.1) is 0 Å². The van der Waals surface area contributed by atoms with Crippen LogP contribution in [0.2, 0.25) is 0 Å². The molecule has 0 saturated heterocycles. The molecule has 0 spiro atoms. The molecular formula is C14H13N3O10. The Bertz CT molecular complexity index is 920. The highest BCUT2D eigenvalue weighted by atomic mass is 16.8. The molecular weight excluding hydrogens is 370 g/mol. The molecule has 0 aromatic carbocycles. The molecule has 0 saturated carbocycles. The second-order valence-corrected chi connectivity index (χ2v) is 4.27. The van der Waals surface area contributed by atoms with Crippen LogP contribution in [0.1, 0.15) is 6.92 Å². The average Bonchev–Trinajstić information content (AvgIpc) is 2.65. The predicted octanol–water partition coefficient (Wildman–Crippen LogP) is -3.04. The fourth-order valence-electron chi connectivity index (χ4n) is 1.38. The van der Waals surface area contributed by atoms with Gasteiger partial charge in [0.1, 0.15) is 0 Å². The van der Waals surface area contributed by atoms with Crippen LogP contribution in [0.5, 0.6) is 0 Å². The van der Waals surface area contributed by atoms with E-state index in [1.807, 2.05) is 0 Å². The van der Waals surface area contributed by atoms with Crippen LogP contribution in [0.4, 0.5) is 0 Å². The van der Waals surface area contributed by atoms with Gasteiger partial charge < -0.3 is 19.2 Å². The van der Waals surface area contributed by atoms with Crippen LogP contribution in [0.3, 0.4) is 0 Å². The van der Waals surface area contributed by atoms with Crippen LogP contribution in [-0.2, 0) is 19.1 Å². The molecule has 1 atom stereocenters. The van der Waals surface area contributed by atoms with Gasteiger partial charge in [0.2, 0.25) is 0 Å². The lowest BCUT2D eigenvalue weighted by Crippen LogP contribution is -2.61. The van der Waals surface area contributed by atoms with Crippen molar-refractivity contribution in [1.82, 2.24) is 14.2 Å². The Balaban J connectivity index is 3.58. The zero-order valence-corrected chi connectivity index (χ0v) is 13.9. The molecule has 1 heterocycles. The van der Waals surface area contributed by atoms with Crippen LogP contribution in [-0.4, -0.2) is 38.4 Å². The Morgan fingerprint density at radius 1 is 0.778 bits per heavy atom. The molecule has 0 amide bonds. The summed E-state index contributed by atoms with van der Waals surface area (Å²) in [7, 11) is 0. The molecule has 1 aromatic rings. The lowest BCUT2D eigenvalue weighted by atomic mass is 10.6. The fraction of sp³-hybridized carbons (Fsp3) is 0.143. The van der Waals surface area contributed by atoms with Gasteiger partial charge >= 0.3 is 35.0 Å². The number of hydrogen-bond acceptors (Lipinski definition) is 10. The second kappa shape index (κ2) is 8.80. The third-order valence-corrected chi connectivity index (χ3v) is 2.44. The summed E-state index contributed by atoms with van der Waals surface area (Å²) < 4.78 is 3.97. The second-order valence-electron chi connectivity index (χ2n) is 4.27. The van der Waals surface area contributed by atoms with Crippen LogP contribution in [0.25, 0.3) is 0 Å². The molecule has 27 heavy (non-hydrogen) atoms. The molecule has 0 bridgehead atoms. The van der Waals surface area contributed by atoms with Crippen molar-refractivity contribution < 1.29 is 33.6 Å². The van der Waals surface area contributed by atoms with Crippen LogP contribution in [0, 0.1) is 0 Å². The van der Waals surface area contributed by atoms with Gasteiger partial charge in [0.15, 0.2) is 0 Å². The summed E-state index contributed by atoms with van der Waals surface area (Å²) in [5.74, 6) is -3.47. The Hall–Kier alpha value is -4.16. The van der Waals surface area contributed by atoms with Gasteiger partial charge in [0, 0.05) is 25.2 Å². The van der Waals surface area contributed by atoms with E-state index in [9.17, 15) is 28.8 Å². The number of ether oxygens (including phenoxy) is 1. The summed E-state index contributed by atoms with van der Waals surface area (Å²) in [5.41, 5.74) is -4.86. The Morgan fingerprint density at radius 2 is 1.15 bits per heavy atom. The summed E-state index contributed by atoms with van der Waals surface area (Å²) in [6.07, 6.45) is 0.457. The van der Waals surface area contributed by atoms with Gasteiger partial charge in [0.25, 0.3) is 6.29 Å². The average molecular weight is 383 g/mol. The minimum Gasteiger partial charge on any atom is -0.420 e. The van der Waals surface area contributed by atoms with Crippen molar-refractivity contribution in [3.63, 3.8) is 0 Å². The highest BCUT2D eigenvalue weighted by molar-refractivity contribution is 5.82. The number of carbonyl (C=O) groups excluding carboxylic acids is 3. The van der Waals surface area contributed by atoms with E-state index in [4.69, 9.17) is 4.84 Å². The maximum absolute atomic E-state index is 12.2. The van der Waals surface area contributed by atoms with E-state index >= 15 is 0 Å². The Morgan fingerprint density at radius 3 is 1.52 bits per heavy atom. The van der Waals surface area contributed by atoms with E-state index in [2.05, 4.69) is 34.1 Å². The highest BCUT2D eigenvalue weighted by Crippen LogP contribution is 1.89. The minimum absolute atomic E-state index is 0.144. The van der Waals surface area contributed by atoms with Crippen molar-refractivity contribution >= 4 is 17.9 Å². The SMILES string of the molecule is C=CC(=O)OC(C)On1c(=O)n(OC(=O)C=C)c(=O)n(OC(=O)C=C)c1=O. The molecule has 13 nitrogen and oxygen atoms in total. The zero-order chi connectivity index (χ0) is 20.7. The lowest BCUT2D eigenvalue weighted by molar-refractivity contribution is -0.174. The summed E-state index contributed by atoms with van der Waals surface area (Å²) >= 11 is 0. The highest BCUT2D eigenvalue weighted by Gasteiger charge is 2.23. The number of hydrogen-bond donors (Lipinski definition) is 0. The third-order valence-electron chi connectivity index (χ3n) is 2.44. The first-order chi connectivity index (χ1) is 12.7. The molecule has 0 aliphatic rings. The molecule has 13 heteroatoms. The van der Waals surface area contributed by atoms with Gasteiger partial charge in [-0.25, -0.2) is 28.8 Å². The topological polar surface area (TPSA) is 154 Å². The number of aromatic nitrogens is 3. The number of nitrogens with zero attached hydrogens (tertiary/aromatic N) is 3.